The highest BCUT2D eigenvalue weighted by atomic mass is 35.5. The van der Waals surface area contributed by atoms with Gasteiger partial charge in [-0.1, -0.05) is 78.3 Å². The van der Waals surface area contributed by atoms with Crippen LogP contribution >= 0.6 is 11.6 Å². The number of halogens is 1. The molecule has 0 N–H and O–H groups in total. The minimum atomic E-state index is 0.573. The van der Waals surface area contributed by atoms with Gasteiger partial charge in [-0.3, -0.25) is 0 Å². The molecule has 3 nitrogen and oxygen atoms in total. The molecule has 142 valence electrons. The molecule has 0 unspecified atom stereocenters. The third kappa shape index (κ3) is 2.75. The molecule has 0 atom stereocenters. The molecule has 0 aliphatic carbocycles. The average molecular weight is 407 g/mol. The van der Waals surface area contributed by atoms with Crippen molar-refractivity contribution >= 4 is 44.4 Å². The molecule has 0 aliphatic heterocycles. The van der Waals surface area contributed by atoms with Gasteiger partial charge in [0, 0.05) is 21.5 Å². The van der Waals surface area contributed by atoms with Crippen LogP contribution in [0.2, 0.25) is 5.02 Å². The molecular formula is C26H15ClN2O. The SMILES string of the molecule is Clc1cccc(-c2nc(-c3ccc4ccccc4c3)c3c(n2)oc2ccccc23)c1. The Morgan fingerprint density at radius 1 is 0.667 bits per heavy atom. The predicted molar refractivity (Wildman–Crippen MR) is 123 cm³/mol. The summed E-state index contributed by atoms with van der Waals surface area (Å²) >= 11 is 6.22. The molecule has 0 amide bonds. The molecule has 30 heavy (non-hydrogen) atoms. The van der Waals surface area contributed by atoms with Crippen molar-refractivity contribution in [2.24, 2.45) is 0 Å². The van der Waals surface area contributed by atoms with Gasteiger partial charge in [-0.25, -0.2) is 4.98 Å². The number of aromatic nitrogens is 2. The van der Waals surface area contributed by atoms with Crippen molar-refractivity contribution in [3.05, 3.63) is 96.0 Å². The van der Waals surface area contributed by atoms with Gasteiger partial charge < -0.3 is 4.42 Å². The van der Waals surface area contributed by atoms with Gasteiger partial charge in [0.2, 0.25) is 5.71 Å². The Bertz CT molecular complexity index is 1570. The largest absolute Gasteiger partial charge is 0.438 e. The molecule has 0 saturated carbocycles. The number of hydrogen-bond donors (Lipinski definition) is 0. The first-order valence-corrected chi connectivity index (χ1v) is 10.1. The molecule has 2 aromatic heterocycles. The lowest BCUT2D eigenvalue weighted by molar-refractivity contribution is 0.653. The fourth-order valence-electron chi connectivity index (χ4n) is 3.93. The van der Waals surface area contributed by atoms with Gasteiger partial charge in [-0.15, -0.1) is 0 Å². The standard InChI is InChI=1S/C26H15ClN2O/c27-20-9-5-8-19(15-20)25-28-24(18-13-12-16-6-1-2-7-17(16)14-18)23-21-10-3-4-11-22(21)30-26(23)29-25/h1-15H. The third-order valence-corrected chi connectivity index (χ3v) is 5.58. The number of hydrogen-bond acceptors (Lipinski definition) is 3. The van der Waals surface area contributed by atoms with Crippen LogP contribution in [0.25, 0.3) is 55.5 Å². The summed E-state index contributed by atoms with van der Waals surface area (Å²) in [6.45, 7) is 0. The lowest BCUT2D eigenvalue weighted by Gasteiger charge is -2.08. The van der Waals surface area contributed by atoms with Gasteiger partial charge in [0.25, 0.3) is 0 Å². The van der Waals surface area contributed by atoms with Crippen molar-refractivity contribution in [3.8, 4) is 22.6 Å². The number of nitrogens with zero attached hydrogens (tertiary/aromatic N) is 2. The number of benzene rings is 4. The van der Waals surface area contributed by atoms with E-state index in [1.807, 2.05) is 60.7 Å². The lowest BCUT2D eigenvalue weighted by Crippen LogP contribution is -1.94. The molecular weight excluding hydrogens is 392 g/mol. The maximum Gasteiger partial charge on any atom is 0.231 e. The average Bonchev–Trinajstić information content (AvgIpc) is 3.17. The fraction of sp³-hybridized carbons (Fsp3) is 0. The van der Waals surface area contributed by atoms with Gasteiger partial charge >= 0.3 is 0 Å². The van der Waals surface area contributed by atoms with Gasteiger partial charge in [-0.2, -0.15) is 4.98 Å². The zero-order chi connectivity index (χ0) is 20.1. The first-order valence-electron chi connectivity index (χ1n) is 9.71. The zero-order valence-electron chi connectivity index (χ0n) is 15.8. The van der Waals surface area contributed by atoms with Crippen LogP contribution in [0.5, 0.6) is 0 Å². The van der Waals surface area contributed by atoms with Crippen LogP contribution in [0.1, 0.15) is 0 Å². The van der Waals surface area contributed by atoms with Crippen LogP contribution in [0.4, 0.5) is 0 Å². The van der Waals surface area contributed by atoms with Crippen LogP contribution in [-0.4, -0.2) is 9.97 Å². The van der Waals surface area contributed by atoms with Crippen molar-refractivity contribution in [1.29, 1.82) is 0 Å². The molecule has 0 fully saturated rings. The molecule has 0 radical (unpaired) electrons. The molecule has 0 bridgehead atoms. The summed E-state index contributed by atoms with van der Waals surface area (Å²) < 4.78 is 6.11. The molecule has 2 heterocycles. The van der Waals surface area contributed by atoms with Gasteiger partial charge in [0.15, 0.2) is 5.82 Å². The lowest BCUT2D eigenvalue weighted by atomic mass is 10.0. The second-order valence-electron chi connectivity index (χ2n) is 7.25. The highest BCUT2D eigenvalue weighted by Gasteiger charge is 2.18. The first-order chi connectivity index (χ1) is 14.8. The summed E-state index contributed by atoms with van der Waals surface area (Å²) in [6.07, 6.45) is 0. The third-order valence-electron chi connectivity index (χ3n) is 5.34. The summed E-state index contributed by atoms with van der Waals surface area (Å²) in [5.41, 5.74) is 4.10. The Morgan fingerprint density at radius 2 is 1.50 bits per heavy atom. The maximum absolute atomic E-state index is 6.22. The summed E-state index contributed by atoms with van der Waals surface area (Å²) in [5, 5.41) is 4.94. The van der Waals surface area contributed by atoms with Crippen molar-refractivity contribution in [2.45, 2.75) is 0 Å². The quantitative estimate of drug-likeness (QED) is 0.298. The van der Waals surface area contributed by atoms with E-state index in [-0.39, 0.29) is 0 Å². The smallest absolute Gasteiger partial charge is 0.231 e. The normalized spacial score (nSPS) is 11.5. The second-order valence-corrected chi connectivity index (χ2v) is 7.68. The second kappa shape index (κ2) is 6.68. The van der Waals surface area contributed by atoms with E-state index in [2.05, 4.69) is 30.3 Å². The molecule has 0 aliphatic rings. The van der Waals surface area contributed by atoms with Crippen molar-refractivity contribution in [3.63, 3.8) is 0 Å². The summed E-state index contributed by atoms with van der Waals surface area (Å²) in [5.74, 6) is 0.590. The molecule has 6 rings (SSSR count). The van der Waals surface area contributed by atoms with Crippen molar-refractivity contribution in [2.75, 3.05) is 0 Å². The van der Waals surface area contributed by atoms with E-state index in [4.69, 9.17) is 26.0 Å². The Labute approximate surface area is 177 Å². The van der Waals surface area contributed by atoms with Crippen LogP contribution in [-0.2, 0) is 0 Å². The Morgan fingerprint density at radius 3 is 2.40 bits per heavy atom. The van der Waals surface area contributed by atoms with Crippen LogP contribution < -0.4 is 0 Å². The zero-order valence-corrected chi connectivity index (χ0v) is 16.6. The molecule has 4 aromatic carbocycles. The minimum absolute atomic E-state index is 0.573. The molecule has 4 heteroatoms. The van der Waals surface area contributed by atoms with Crippen LogP contribution in [0.3, 0.4) is 0 Å². The maximum atomic E-state index is 6.22. The molecule has 6 aromatic rings. The highest BCUT2D eigenvalue weighted by Crippen LogP contribution is 2.37. The van der Waals surface area contributed by atoms with E-state index >= 15 is 0 Å². The Balaban J connectivity index is 1.70. The predicted octanol–water partition coefficient (Wildman–Crippen LogP) is 7.52. The Kier molecular flexibility index (Phi) is 3.83. The monoisotopic (exact) mass is 406 g/mol. The van der Waals surface area contributed by atoms with E-state index in [0.717, 1.165) is 33.2 Å². The van der Waals surface area contributed by atoms with Crippen LogP contribution in [0, 0.1) is 0 Å². The number of para-hydroxylation sites is 1. The van der Waals surface area contributed by atoms with Crippen LogP contribution in [0.15, 0.2) is 95.4 Å². The number of furan rings is 1. The summed E-state index contributed by atoms with van der Waals surface area (Å²) in [7, 11) is 0. The fourth-order valence-corrected chi connectivity index (χ4v) is 4.12. The van der Waals surface area contributed by atoms with Crippen molar-refractivity contribution < 1.29 is 4.42 Å². The van der Waals surface area contributed by atoms with Gasteiger partial charge in [0.1, 0.15) is 5.58 Å². The van der Waals surface area contributed by atoms with Gasteiger partial charge in [0.05, 0.1) is 11.1 Å². The molecule has 0 saturated heterocycles. The van der Waals surface area contributed by atoms with E-state index in [1.54, 1.807) is 0 Å². The van der Waals surface area contributed by atoms with E-state index in [1.165, 1.54) is 10.8 Å². The highest BCUT2D eigenvalue weighted by molar-refractivity contribution is 6.30. The van der Waals surface area contributed by atoms with Crippen molar-refractivity contribution in [1.82, 2.24) is 9.97 Å². The number of rotatable bonds is 2. The number of fused-ring (bicyclic) bond motifs is 4. The molecule has 0 spiro atoms. The first kappa shape index (κ1) is 17.2. The minimum Gasteiger partial charge on any atom is -0.438 e. The topological polar surface area (TPSA) is 38.9 Å². The van der Waals surface area contributed by atoms with E-state index in [0.29, 0.717) is 16.6 Å². The van der Waals surface area contributed by atoms with Gasteiger partial charge in [-0.05, 0) is 35.0 Å². The van der Waals surface area contributed by atoms with E-state index < -0.39 is 0 Å². The summed E-state index contributed by atoms with van der Waals surface area (Å²) in [4.78, 5) is 9.72. The van der Waals surface area contributed by atoms with E-state index in [9.17, 15) is 0 Å². The Hall–Kier alpha value is -3.69. The summed E-state index contributed by atoms with van der Waals surface area (Å²) in [6, 6.07) is 30.3.